The first-order valence-electron chi connectivity index (χ1n) is 5.58. The van der Waals surface area contributed by atoms with Crippen molar-refractivity contribution in [3.05, 3.63) is 28.3 Å². The van der Waals surface area contributed by atoms with Crippen molar-refractivity contribution in [2.24, 2.45) is 14.8 Å². The Morgan fingerprint density at radius 3 is 2.28 bits per heavy atom. The molecular weight excluding hydrogens is 268 g/mol. The van der Waals surface area contributed by atoms with Gasteiger partial charge in [-0.15, -0.1) is 5.11 Å². The third kappa shape index (κ3) is 2.12. The lowest BCUT2D eigenvalue weighted by molar-refractivity contribution is 0.944. The quantitative estimate of drug-likeness (QED) is 0.598. The topological polar surface area (TPSA) is 60.9 Å². The molecule has 1 N–H and O–H groups in total. The van der Waals surface area contributed by atoms with E-state index in [-0.39, 0.29) is 0 Å². The molecule has 2 unspecified atom stereocenters. The Labute approximate surface area is 114 Å². The Balaban J connectivity index is 2.69. The molecule has 0 aliphatic carbocycles. The zero-order valence-electron chi connectivity index (χ0n) is 10.8. The summed E-state index contributed by atoms with van der Waals surface area (Å²) in [6.45, 7) is 8.26. The van der Waals surface area contributed by atoms with Gasteiger partial charge in [-0.2, -0.15) is 0 Å². The molecule has 18 heavy (non-hydrogen) atoms. The summed E-state index contributed by atoms with van der Waals surface area (Å²) in [5.41, 5.74) is 4.05. The minimum absolute atomic E-state index is 0.322. The second-order valence-electron chi connectivity index (χ2n) is 4.36. The van der Waals surface area contributed by atoms with Gasteiger partial charge in [0.1, 0.15) is 5.04 Å². The van der Waals surface area contributed by atoms with Crippen molar-refractivity contribution in [1.82, 2.24) is 0 Å². The Hall–Kier alpha value is -1.07. The number of nitrogens with zero attached hydrogens (tertiary/aromatic N) is 3. The van der Waals surface area contributed by atoms with Crippen molar-refractivity contribution in [3.63, 3.8) is 0 Å². The lowest BCUT2D eigenvalue weighted by Gasteiger charge is -2.19. The zero-order chi connectivity index (χ0) is 13.4. The number of hydrogen-bond acceptors (Lipinski definition) is 4. The summed E-state index contributed by atoms with van der Waals surface area (Å²) in [5, 5.41) is 15.8. The molecule has 1 aromatic rings. The van der Waals surface area contributed by atoms with Crippen LogP contribution in [0.2, 0.25) is 0 Å². The summed E-state index contributed by atoms with van der Waals surface area (Å²) in [6, 6.07) is 2.16. The van der Waals surface area contributed by atoms with Crippen LogP contribution in [0.25, 0.3) is 0 Å². The second kappa shape index (κ2) is 4.90. The van der Waals surface area contributed by atoms with Gasteiger partial charge in [0.25, 0.3) is 0 Å². The minimum Gasteiger partial charge on any atom is -0.294 e. The summed E-state index contributed by atoms with van der Waals surface area (Å²) < 4.78 is 4.11. The molecule has 0 bridgehead atoms. The van der Waals surface area contributed by atoms with Gasteiger partial charge in [-0.3, -0.25) is 5.41 Å². The molecule has 1 heterocycles. The van der Waals surface area contributed by atoms with E-state index >= 15 is 0 Å². The number of hydrogen-bond donors (Lipinski definition) is 1. The highest BCUT2D eigenvalue weighted by molar-refractivity contribution is 8.03. The molecule has 2 rings (SSSR count). The molecular formula is C12H15ClN4S. The molecule has 4 nitrogen and oxygen atoms in total. The number of aryl methyl sites for hydroxylation is 2. The summed E-state index contributed by atoms with van der Waals surface area (Å²) in [6.07, 6.45) is 0. The molecule has 0 amide bonds. The third-order valence-corrected chi connectivity index (χ3v) is 5.50. The predicted molar refractivity (Wildman–Crippen MR) is 75.7 cm³/mol. The largest absolute Gasteiger partial charge is 0.294 e. The average molecular weight is 283 g/mol. The average Bonchev–Trinajstić information content (AvgIpc) is 2.32. The Bertz CT molecular complexity index is 566. The van der Waals surface area contributed by atoms with Gasteiger partial charge in [0.05, 0.1) is 0 Å². The van der Waals surface area contributed by atoms with Crippen molar-refractivity contribution in [2.75, 3.05) is 0 Å². The van der Waals surface area contributed by atoms with Gasteiger partial charge in [0.15, 0.2) is 5.50 Å². The first-order chi connectivity index (χ1) is 8.43. The van der Waals surface area contributed by atoms with Crippen molar-refractivity contribution >= 4 is 27.3 Å². The van der Waals surface area contributed by atoms with Gasteiger partial charge < -0.3 is 0 Å². The first-order valence-corrected chi connectivity index (χ1v) is 7.20. The van der Waals surface area contributed by atoms with E-state index in [4.69, 9.17) is 17.0 Å². The summed E-state index contributed by atoms with van der Waals surface area (Å²) in [7, 11) is -0.711. The van der Waals surface area contributed by atoms with E-state index in [2.05, 4.69) is 48.6 Å². The van der Waals surface area contributed by atoms with Crippen LogP contribution in [0.4, 0.5) is 0 Å². The summed E-state index contributed by atoms with van der Waals surface area (Å²) in [5.74, 6) is 0. The van der Waals surface area contributed by atoms with Crippen LogP contribution in [0, 0.1) is 33.1 Å². The van der Waals surface area contributed by atoms with Crippen LogP contribution in [0.1, 0.15) is 22.3 Å². The molecule has 0 saturated carbocycles. The standard InChI is InChI=1S/C12H15ClN4S/c1-6-5-7(2)9(4)10(8(6)3)18-12(14)11(13)15-16-17-18/h5,11,14H,1-4H3. The van der Waals surface area contributed by atoms with Crippen LogP contribution in [0.15, 0.2) is 25.8 Å². The van der Waals surface area contributed by atoms with Gasteiger partial charge in [0, 0.05) is 15.6 Å². The molecule has 1 aromatic carbocycles. The third-order valence-electron chi connectivity index (χ3n) is 3.19. The fraction of sp³-hybridized carbons (Fsp3) is 0.417. The SMILES string of the molecule is Cc1cc(C)c(C)c(S2=NN=NC(Cl)C2=N)c1C. The lowest BCUT2D eigenvalue weighted by Crippen LogP contribution is -2.20. The number of nitrogens with one attached hydrogen (secondary N) is 1. The molecule has 0 saturated heterocycles. The first kappa shape index (κ1) is 13.4. The molecule has 0 fully saturated rings. The van der Waals surface area contributed by atoms with Gasteiger partial charge in [-0.25, -0.2) is 0 Å². The maximum atomic E-state index is 8.06. The number of rotatable bonds is 1. The van der Waals surface area contributed by atoms with Gasteiger partial charge >= 0.3 is 0 Å². The number of halogens is 1. The highest BCUT2D eigenvalue weighted by Gasteiger charge is 2.24. The fourth-order valence-electron chi connectivity index (χ4n) is 1.91. The Kier molecular flexibility index (Phi) is 3.64. The predicted octanol–water partition coefficient (Wildman–Crippen LogP) is 4.00. The van der Waals surface area contributed by atoms with E-state index in [0.717, 1.165) is 16.0 Å². The molecule has 0 spiro atoms. The van der Waals surface area contributed by atoms with Crippen LogP contribution in [0.5, 0.6) is 0 Å². The smallest absolute Gasteiger partial charge is 0.194 e. The van der Waals surface area contributed by atoms with Gasteiger partial charge in [-0.05, 0) is 55.2 Å². The van der Waals surface area contributed by atoms with Gasteiger partial charge in [-0.1, -0.05) is 22.1 Å². The van der Waals surface area contributed by atoms with Crippen molar-refractivity contribution in [2.45, 2.75) is 38.1 Å². The molecule has 2 atom stereocenters. The maximum Gasteiger partial charge on any atom is 0.194 e. The van der Waals surface area contributed by atoms with Crippen LogP contribution in [-0.2, 0) is 10.7 Å². The van der Waals surface area contributed by atoms with Crippen LogP contribution in [-0.4, -0.2) is 10.5 Å². The number of alkyl halides is 1. The maximum absolute atomic E-state index is 8.06. The highest BCUT2D eigenvalue weighted by atomic mass is 35.5. The van der Waals surface area contributed by atoms with E-state index < -0.39 is 16.2 Å². The fourth-order valence-corrected chi connectivity index (χ4v) is 3.84. The van der Waals surface area contributed by atoms with Crippen molar-refractivity contribution in [3.8, 4) is 0 Å². The van der Waals surface area contributed by atoms with Gasteiger partial charge in [0.2, 0.25) is 0 Å². The van der Waals surface area contributed by atoms with Crippen LogP contribution >= 0.6 is 11.6 Å². The molecule has 96 valence electrons. The van der Waals surface area contributed by atoms with Crippen LogP contribution < -0.4 is 0 Å². The van der Waals surface area contributed by atoms with Crippen molar-refractivity contribution < 1.29 is 0 Å². The molecule has 0 radical (unpaired) electrons. The molecule has 1 aliphatic heterocycles. The van der Waals surface area contributed by atoms with E-state index in [1.165, 1.54) is 11.1 Å². The normalized spacial score (nSPS) is 23.1. The molecule has 0 aromatic heterocycles. The second-order valence-corrected chi connectivity index (χ2v) is 6.35. The number of benzene rings is 1. The molecule has 1 aliphatic rings. The monoisotopic (exact) mass is 282 g/mol. The minimum atomic E-state index is -0.711. The van der Waals surface area contributed by atoms with E-state index in [1.807, 2.05) is 0 Å². The van der Waals surface area contributed by atoms with E-state index in [1.54, 1.807) is 0 Å². The highest BCUT2D eigenvalue weighted by Crippen LogP contribution is 2.29. The van der Waals surface area contributed by atoms with Crippen LogP contribution in [0.3, 0.4) is 0 Å². The summed E-state index contributed by atoms with van der Waals surface area (Å²) in [4.78, 5) is 1.07. The van der Waals surface area contributed by atoms with Crippen molar-refractivity contribution in [1.29, 1.82) is 5.41 Å². The molecule has 6 heteroatoms. The Morgan fingerprint density at radius 1 is 1.17 bits per heavy atom. The zero-order valence-corrected chi connectivity index (χ0v) is 12.4. The summed E-state index contributed by atoms with van der Waals surface area (Å²) >= 11 is 5.96. The lowest BCUT2D eigenvalue weighted by atomic mass is 10.0. The Morgan fingerprint density at radius 2 is 1.72 bits per heavy atom. The van der Waals surface area contributed by atoms with E-state index in [0.29, 0.717) is 5.04 Å². The van der Waals surface area contributed by atoms with E-state index in [9.17, 15) is 0 Å².